The summed E-state index contributed by atoms with van der Waals surface area (Å²) in [6.07, 6.45) is 23.2. The van der Waals surface area contributed by atoms with Gasteiger partial charge in [0.05, 0.1) is 116 Å². The molecule has 712 valence electrons. The molecule has 0 bridgehead atoms. The average Bonchev–Trinajstić information content (AvgIpc) is 1.59. The molecule has 10 heterocycles. The summed E-state index contributed by atoms with van der Waals surface area (Å²) < 4.78 is 37.2. The van der Waals surface area contributed by atoms with E-state index in [9.17, 15) is 24.6 Å². The first-order chi connectivity index (χ1) is 68.9. The number of halogens is 2. The van der Waals surface area contributed by atoms with Gasteiger partial charge >= 0.3 is 125 Å². The van der Waals surface area contributed by atoms with Gasteiger partial charge in [-0.3, -0.25) is 14.4 Å². The number of aromatic nitrogens is 16. The first-order valence-corrected chi connectivity index (χ1v) is 54.6. The Labute approximate surface area is 833 Å². The van der Waals surface area contributed by atoms with E-state index in [1.165, 1.54) is 68.2 Å². The summed E-state index contributed by atoms with van der Waals surface area (Å²) in [5.74, 6) is 3.59. The number of carbonyl (C=O) groups excluding carboxylic acids is 2. The van der Waals surface area contributed by atoms with Crippen molar-refractivity contribution in [1.29, 1.82) is 0 Å². The third kappa shape index (κ3) is 26.2. The minimum absolute atomic E-state index is 0.180. The zero-order valence-electron chi connectivity index (χ0n) is 78.4. The molecular formula is C109H104BrClN20O9Sn. The van der Waals surface area contributed by atoms with Gasteiger partial charge in [-0.2, -0.15) is 25.5 Å². The Bertz CT molecular complexity index is 7440. The number of H-pyrrole nitrogens is 1. The number of hydrogen-bond acceptors (Lipinski definition) is 20. The molecule has 0 atom stereocenters. The molecule has 2 aliphatic heterocycles. The van der Waals surface area contributed by atoms with E-state index in [1.54, 1.807) is 133 Å². The van der Waals surface area contributed by atoms with Crippen LogP contribution in [-0.2, 0) is 9.47 Å². The Balaban J connectivity index is 0.000000133. The fraction of sp³-hybridized carbons (Fsp3) is 0.183. The van der Waals surface area contributed by atoms with Crippen molar-refractivity contribution in [3.8, 4) is 85.6 Å². The molecule has 0 fully saturated rings. The van der Waals surface area contributed by atoms with Crippen molar-refractivity contribution in [2.24, 2.45) is 0 Å². The number of para-hydroxylation sites is 5. The predicted molar refractivity (Wildman–Crippen MR) is 560 cm³/mol. The maximum Gasteiger partial charge on any atom is 0.262 e. The smallest absolute Gasteiger partial charge is 0.262 e. The molecule has 0 radical (unpaired) electrons. The van der Waals surface area contributed by atoms with E-state index >= 15 is 0 Å². The second kappa shape index (κ2) is 50.5. The van der Waals surface area contributed by atoms with Crippen LogP contribution in [0.15, 0.2) is 335 Å². The van der Waals surface area contributed by atoms with Crippen LogP contribution in [0.2, 0.25) is 13.3 Å². The normalized spacial score (nSPS) is 11.9. The van der Waals surface area contributed by atoms with Crippen LogP contribution in [0.4, 0.5) is 23.0 Å². The monoisotopic (exact) mass is 2070 g/mol. The van der Waals surface area contributed by atoms with Gasteiger partial charge in [-0.05, 0) is 155 Å². The minimum atomic E-state index is -2.04. The summed E-state index contributed by atoms with van der Waals surface area (Å²) in [6, 6.07) is 84.9. The molecule has 2 aliphatic rings. The van der Waals surface area contributed by atoms with Crippen LogP contribution < -0.4 is 26.1 Å². The fourth-order valence-electron chi connectivity index (χ4n) is 15.9. The zero-order chi connectivity index (χ0) is 98.8. The molecule has 1 amide bonds. The maximum atomic E-state index is 12.5. The Kier molecular flexibility index (Phi) is 36.2. The number of nitrogens with zero attached hydrogens (tertiary/aromatic N) is 17. The molecule has 0 aliphatic carbocycles. The number of nitrogens with one attached hydrogen (secondary N) is 2. The Morgan fingerprint density at radius 2 is 0.908 bits per heavy atom. The molecule has 29 nitrogen and oxygen atoms in total. The summed E-state index contributed by atoms with van der Waals surface area (Å²) in [5, 5.41) is 45.6. The number of ether oxygens (including phenoxy) is 4. The number of aromatic amines is 1. The van der Waals surface area contributed by atoms with Gasteiger partial charge in [-0.15, -0.1) is 0 Å². The summed E-state index contributed by atoms with van der Waals surface area (Å²) >= 11 is 6.61. The van der Waals surface area contributed by atoms with Crippen LogP contribution in [0, 0.1) is 13.1 Å². The number of phenolic OH excluding ortho intramolecular Hbond substituents is 2. The van der Waals surface area contributed by atoms with Crippen molar-refractivity contribution in [3.05, 3.63) is 380 Å². The van der Waals surface area contributed by atoms with Crippen molar-refractivity contribution < 1.29 is 38.7 Å². The van der Waals surface area contributed by atoms with E-state index in [0.29, 0.717) is 91.9 Å². The molecule has 6 N–H and O–H groups in total. The number of fused-ring (bicyclic) bond motifs is 3. The molecule has 0 saturated heterocycles. The number of carbonyl (C=O) groups is 2. The standard InChI is InChI=1S/C22H18N4O2.2C18H14N4O2.C17H11BrN4O.C10H8N4.C7H5ClO.C5H7O.3C4H9.Sn/c27-18-8-4-5-16(13-18)21-24-20(15-9-11-28-12-10-15)19-14-23-26(22(19)25-21)17-6-2-1-3-7-17;1-24-14-9-5-6-12(10-14)16-20-17-15(18(23)21-16)11-19-22(17)13-7-3-2-4-8-13;1-19-16-12-20-22(14-8-4-3-5-9-14)17(16)21-18(23)13-7-6-10-15(11-13)24-2;18-15-14-10-19-22(12-6-2-1-3-7-12)17(14)21-16(20-15)11-5-4-8-13(23)9-11;1-12-9-7-13-14(10(9)11)8-5-3-2-4-6-8;8-7(9)6-4-2-1-3-5-6;1-2-4-6-5-3-1;3*1-3-4-2;/h1-9,13-14,27H,10-12H2;2-11H,1H3,(H,20,21,23);3-12H,2H3,(H,21,23);1-10,23H;2-7H,11H2;1-5H;2H,3-5H2;3*1,3-4H2,2H3;. The van der Waals surface area contributed by atoms with E-state index in [0.717, 1.165) is 92.4 Å². The third-order valence-electron chi connectivity index (χ3n) is 23.1. The number of nitrogens with two attached hydrogens (primary N) is 1. The number of phenols is 2. The number of nitrogen functional groups attached to an aromatic ring is 1. The molecule has 0 unspecified atom stereocenters. The average molecular weight is 2070 g/mol. The predicted octanol–water partition coefficient (Wildman–Crippen LogP) is 24.2. The summed E-state index contributed by atoms with van der Waals surface area (Å²) in [7, 11) is 3.14. The minimum Gasteiger partial charge on any atom is -0.508 e. The van der Waals surface area contributed by atoms with E-state index < -0.39 is 23.6 Å². The van der Waals surface area contributed by atoms with Crippen molar-refractivity contribution in [2.75, 3.05) is 51.7 Å². The quantitative estimate of drug-likeness (QED) is 0.0162. The van der Waals surface area contributed by atoms with Gasteiger partial charge in [-0.25, -0.2) is 58.0 Å². The maximum absolute atomic E-state index is 12.5. The largest absolute Gasteiger partial charge is 0.508 e. The Hall–Kier alpha value is -15.8. The first kappa shape index (κ1) is 101. The molecular weight excluding hydrogens is 1970 g/mol. The van der Waals surface area contributed by atoms with Gasteiger partial charge in [0.2, 0.25) is 11.4 Å². The van der Waals surface area contributed by atoms with Crippen LogP contribution in [-0.4, -0.2) is 159 Å². The number of amides is 1. The fourth-order valence-corrected chi connectivity index (χ4v) is 33.4. The number of rotatable bonds is 24. The number of methoxy groups -OCH3 is 2. The van der Waals surface area contributed by atoms with E-state index in [-0.39, 0.29) is 28.7 Å². The molecule has 8 aromatic heterocycles. The van der Waals surface area contributed by atoms with Crippen LogP contribution in [0.5, 0.6) is 23.0 Å². The van der Waals surface area contributed by atoms with Gasteiger partial charge in [0.1, 0.15) is 50.4 Å². The van der Waals surface area contributed by atoms with E-state index in [2.05, 4.69) is 109 Å². The molecule has 0 saturated carbocycles. The Morgan fingerprint density at radius 3 is 1.38 bits per heavy atom. The molecule has 0 spiro atoms. The van der Waals surface area contributed by atoms with Crippen LogP contribution in [0.3, 0.4) is 0 Å². The molecule has 18 aromatic rings. The second-order valence-corrected chi connectivity index (χ2v) is 46.9. The van der Waals surface area contributed by atoms with Crippen LogP contribution in [0.25, 0.3) is 111 Å². The number of aromatic hydroxyl groups is 2. The number of benzene rings is 10. The van der Waals surface area contributed by atoms with Crippen LogP contribution >= 0.6 is 27.5 Å². The number of hydrogen-bond donors (Lipinski definition) is 5. The Morgan fingerprint density at radius 1 is 0.482 bits per heavy atom. The topological polar surface area (TPSA) is 345 Å². The van der Waals surface area contributed by atoms with Gasteiger partial charge in [-0.1, -0.05) is 170 Å². The van der Waals surface area contributed by atoms with Gasteiger partial charge < -0.3 is 40.5 Å². The zero-order valence-corrected chi connectivity index (χ0v) is 83.6. The number of anilines is 2. The molecule has 141 heavy (non-hydrogen) atoms. The molecule has 20 rings (SSSR count). The molecule has 32 heteroatoms. The van der Waals surface area contributed by atoms with Crippen LogP contribution in [0.1, 0.15) is 98.5 Å². The van der Waals surface area contributed by atoms with Crippen molar-refractivity contribution in [3.63, 3.8) is 0 Å². The second-order valence-electron chi connectivity index (χ2n) is 32.4. The summed E-state index contributed by atoms with van der Waals surface area (Å²) in [5.41, 5.74) is 17.7. The first-order valence-electron chi connectivity index (χ1n) is 46.0. The van der Waals surface area contributed by atoms with E-state index in [4.69, 9.17) is 59.4 Å². The van der Waals surface area contributed by atoms with Crippen molar-refractivity contribution >= 4 is 119 Å². The van der Waals surface area contributed by atoms with E-state index in [1.807, 2.05) is 209 Å². The van der Waals surface area contributed by atoms with Gasteiger partial charge in [0.25, 0.3) is 16.7 Å². The van der Waals surface area contributed by atoms with Crippen molar-refractivity contribution in [2.45, 2.75) is 85.4 Å². The SMILES string of the molecule is CCC[CH2][Sn]([CH2]CCC)([CH2]CCC)[C]1=CCOCC1.COc1cccc(-c2nc3c(cnn3-c3ccccc3)c(=O)[nH]2)c1.O=C(Cl)c1ccccc1.Oc1cccc(-c2nc(Br)c3cnn(-c4ccccc4)c3n2)c1.Oc1cccc(-c2nc(C3=CCOCC3)c3cnn(-c4ccccc4)c3n2)c1.[C-]#[N+]c1cnn(-c2ccccc2)c1N.[C-]#[N+]c1cnn(-c2ccccc2)c1NC(=O)c1cccc(OC)c1. The van der Waals surface area contributed by atoms with Gasteiger partial charge in [0.15, 0.2) is 28.6 Å². The summed E-state index contributed by atoms with van der Waals surface area (Å²) in [4.78, 5) is 68.2. The number of unbranched alkanes of at least 4 members (excludes halogenated alkanes) is 3. The van der Waals surface area contributed by atoms with Crippen molar-refractivity contribution in [1.82, 2.24) is 78.8 Å². The van der Waals surface area contributed by atoms with Gasteiger partial charge in [0, 0.05) is 27.8 Å². The summed E-state index contributed by atoms with van der Waals surface area (Å²) in [6.45, 7) is 24.3. The molecule has 10 aromatic carbocycles. The third-order valence-corrected chi connectivity index (χ3v) is 40.3.